The first-order chi connectivity index (χ1) is 57.0. The number of pyridine rings is 3. The Bertz CT molecular complexity index is 5710. The minimum absolute atomic E-state index is 0. The molecule has 3 fully saturated rings. The zero-order chi connectivity index (χ0) is 83.4. The molecular formula is C96H101Cl3FN9O12. The molecule has 21 nitrogen and oxygen atoms in total. The van der Waals surface area contributed by atoms with Crippen LogP contribution in [0.25, 0.3) is 32.7 Å². The van der Waals surface area contributed by atoms with Crippen LogP contribution in [0, 0.1) is 26.6 Å². The van der Waals surface area contributed by atoms with E-state index < -0.39 is 34.8 Å². The van der Waals surface area contributed by atoms with E-state index in [9.17, 15) is 47.5 Å². The average Bonchev–Trinajstić information content (AvgIpc) is 0.751. The minimum Gasteiger partial charge on any atom is -0.462 e. The smallest absolute Gasteiger partial charge is 0.345 e. The van der Waals surface area contributed by atoms with Crippen molar-refractivity contribution in [3.05, 3.63) is 331 Å². The van der Waals surface area contributed by atoms with Gasteiger partial charge in [-0.3, -0.25) is 28.8 Å². The van der Waals surface area contributed by atoms with Crippen LogP contribution in [-0.2, 0) is 33.8 Å². The number of rotatable bonds is 18. The highest BCUT2D eigenvalue weighted by atomic mass is 35.5. The van der Waals surface area contributed by atoms with Gasteiger partial charge in [0.15, 0.2) is 0 Å². The number of amides is 3. The van der Waals surface area contributed by atoms with E-state index in [0.29, 0.717) is 147 Å². The maximum absolute atomic E-state index is 14.0. The van der Waals surface area contributed by atoms with Gasteiger partial charge in [-0.05, 0) is 161 Å². The monoisotopic (exact) mass is 1700 g/mol. The van der Waals surface area contributed by atoms with Crippen molar-refractivity contribution >= 4 is 120 Å². The summed E-state index contributed by atoms with van der Waals surface area (Å²) in [6.07, 6.45) is 0. The molecule has 3 aliphatic heterocycles. The van der Waals surface area contributed by atoms with Crippen molar-refractivity contribution in [2.45, 2.75) is 83.5 Å². The Balaban J connectivity index is 0.000000188. The number of fused-ring (bicyclic) bond motifs is 3. The second kappa shape index (κ2) is 41.1. The molecule has 0 saturated carbocycles. The third-order valence-electron chi connectivity index (χ3n) is 21.2. The highest BCUT2D eigenvalue weighted by molar-refractivity contribution is 6.42. The fourth-order valence-corrected chi connectivity index (χ4v) is 15.8. The molecule has 3 amide bonds. The summed E-state index contributed by atoms with van der Waals surface area (Å²) in [5, 5.41) is 3.68. The number of carbonyl (C=O) groups is 6. The molecule has 6 heterocycles. The first kappa shape index (κ1) is 90.9. The maximum Gasteiger partial charge on any atom is 0.345 e. The van der Waals surface area contributed by atoms with E-state index in [1.54, 1.807) is 91.6 Å². The van der Waals surface area contributed by atoms with Crippen LogP contribution in [0.5, 0.6) is 0 Å². The van der Waals surface area contributed by atoms with Crippen LogP contribution < -0.4 is 31.4 Å². The molecule has 3 aromatic heterocycles. The molecule has 15 rings (SSSR count). The summed E-state index contributed by atoms with van der Waals surface area (Å²) in [7, 11) is 0. The first-order valence-electron chi connectivity index (χ1n) is 39.3. The summed E-state index contributed by atoms with van der Waals surface area (Å²) >= 11 is 18.1. The lowest BCUT2D eigenvalue weighted by Crippen LogP contribution is -2.49. The summed E-state index contributed by atoms with van der Waals surface area (Å²) in [5.74, 6) is -2.75. The number of hydrogen-bond donors (Lipinski definition) is 0. The number of anilines is 3. The molecule has 0 aliphatic carbocycles. The Kier molecular flexibility index (Phi) is 30.9. The van der Waals surface area contributed by atoms with E-state index in [4.69, 9.17) is 49.0 Å². The molecule has 0 spiro atoms. The van der Waals surface area contributed by atoms with Gasteiger partial charge in [-0.1, -0.05) is 183 Å². The molecule has 0 atom stereocenters. The van der Waals surface area contributed by atoms with Crippen LogP contribution in [0.15, 0.2) is 227 Å². The summed E-state index contributed by atoms with van der Waals surface area (Å²) in [6, 6.07) is 63.9. The number of piperazine rings is 3. The lowest BCUT2D eigenvalue weighted by molar-refractivity contribution is 0.0514. The van der Waals surface area contributed by atoms with Gasteiger partial charge >= 0.3 is 17.9 Å². The third-order valence-corrected chi connectivity index (χ3v) is 22.2. The number of aromatic nitrogens is 3. The van der Waals surface area contributed by atoms with Crippen LogP contribution >= 0.6 is 34.8 Å². The highest BCUT2D eigenvalue weighted by Gasteiger charge is 2.35. The second-order valence-corrected chi connectivity index (χ2v) is 30.3. The molecule has 3 saturated heterocycles. The van der Waals surface area contributed by atoms with Gasteiger partial charge in [0.1, 0.15) is 22.5 Å². The lowest BCUT2D eigenvalue weighted by Gasteiger charge is -2.37. The van der Waals surface area contributed by atoms with Gasteiger partial charge in [-0.25, -0.2) is 18.8 Å². The van der Waals surface area contributed by atoms with E-state index in [1.165, 1.54) is 24.3 Å². The van der Waals surface area contributed by atoms with Crippen molar-refractivity contribution in [3.8, 4) is 0 Å². The molecule has 0 N–H and O–H groups in total. The minimum atomic E-state index is -0.660. The van der Waals surface area contributed by atoms with E-state index >= 15 is 0 Å². The van der Waals surface area contributed by atoms with E-state index in [-0.39, 0.29) is 82.1 Å². The number of benzene rings is 9. The molecule has 3 aliphatic rings. The summed E-state index contributed by atoms with van der Waals surface area (Å²) in [5.41, 5.74) is 10.0. The maximum atomic E-state index is 14.0. The Morgan fingerprint density at radius 2 is 0.620 bits per heavy atom. The van der Waals surface area contributed by atoms with Crippen LogP contribution in [0.1, 0.15) is 139 Å². The average molecular weight is 1700 g/mol. The molecule has 121 heavy (non-hydrogen) atoms. The molecule has 630 valence electrons. The number of halogens is 4. The number of esters is 3. The Morgan fingerprint density at radius 3 is 0.909 bits per heavy atom. The van der Waals surface area contributed by atoms with Crippen LogP contribution in [-0.4, -0.2) is 162 Å². The molecule has 0 radical (unpaired) electrons. The van der Waals surface area contributed by atoms with Gasteiger partial charge in [0.25, 0.3) is 34.4 Å². The van der Waals surface area contributed by atoms with Crippen molar-refractivity contribution < 1.29 is 47.4 Å². The number of ether oxygens (including phenoxy) is 3. The van der Waals surface area contributed by atoms with E-state index in [1.807, 2.05) is 181 Å². The molecule has 0 bridgehead atoms. The van der Waals surface area contributed by atoms with Crippen molar-refractivity contribution in [1.29, 1.82) is 0 Å². The van der Waals surface area contributed by atoms with Crippen LogP contribution in [0.2, 0.25) is 15.1 Å². The fraction of sp³-hybridized carbons (Fsp3) is 0.281. The highest BCUT2D eigenvalue weighted by Crippen LogP contribution is 2.37. The normalized spacial score (nSPS) is 13.2. The SMILES string of the molecule is C.C.C.CCOC(=O)c1c(N2CCN(C(=O)c3ccc(Cl)c(Cl)c3)CC2)c2cc(C)ccc2n(Cc2ccccc2)c1=O.CCOC(=O)c1c(N2CCN(C(=O)c3ccc(Cl)cc3)CC2)c2cc(C)ccc2n(Cc2ccccc2)c1=O.CCOC(=O)c1c(N2CCN(C(=O)c3ccc(F)cc3)CC2)c2cc(C)ccc2n(Cc2ccccc2)c1=O. The van der Waals surface area contributed by atoms with E-state index in [2.05, 4.69) is 0 Å². The number of hydrogen-bond acceptors (Lipinski definition) is 15. The summed E-state index contributed by atoms with van der Waals surface area (Å²) < 4.78 is 34.4. The number of aryl methyl sites for hydroxylation is 3. The van der Waals surface area contributed by atoms with Gasteiger partial charge < -0.3 is 57.3 Å². The van der Waals surface area contributed by atoms with Crippen molar-refractivity contribution in [2.24, 2.45) is 0 Å². The predicted octanol–water partition coefficient (Wildman–Crippen LogP) is 17.5. The topological polar surface area (TPSA) is 216 Å². The molecule has 12 aromatic rings. The largest absolute Gasteiger partial charge is 0.462 e. The van der Waals surface area contributed by atoms with Gasteiger partial charge in [-0.15, -0.1) is 0 Å². The van der Waals surface area contributed by atoms with Gasteiger partial charge in [0.05, 0.1) is 83.1 Å². The predicted molar refractivity (Wildman–Crippen MR) is 482 cm³/mol. The van der Waals surface area contributed by atoms with Crippen LogP contribution in [0.4, 0.5) is 21.5 Å². The molecular weight excluding hydrogens is 1600 g/mol. The van der Waals surface area contributed by atoms with Gasteiger partial charge in [0, 0.05) is 116 Å². The van der Waals surface area contributed by atoms with Crippen LogP contribution in [0.3, 0.4) is 0 Å². The molecule has 25 heteroatoms. The lowest BCUT2D eigenvalue weighted by atomic mass is 10.0. The van der Waals surface area contributed by atoms with Gasteiger partial charge in [-0.2, -0.15) is 0 Å². The number of nitrogens with zero attached hydrogens (tertiary/aromatic N) is 9. The first-order valence-corrected chi connectivity index (χ1v) is 40.4. The Labute approximate surface area is 719 Å². The van der Waals surface area contributed by atoms with Crippen molar-refractivity contribution in [1.82, 2.24) is 28.4 Å². The quantitative estimate of drug-likeness (QED) is 0.0577. The van der Waals surface area contributed by atoms with Crippen molar-refractivity contribution in [2.75, 3.05) is 113 Å². The molecule has 9 aromatic carbocycles. The second-order valence-electron chi connectivity index (χ2n) is 29.0. The fourth-order valence-electron chi connectivity index (χ4n) is 15.3. The molecule has 0 unspecified atom stereocenters. The number of carbonyl (C=O) groups excluding carboxylic acids is 6. The zero-order valence-corrected chi connectivity index (χ0v) is 68.6. The Morgan fingerprint density at radius 1 is 0.339 bits per heavy atom. The third kappa shape index (κ3) is 20.4. The zero-order valence-electron chi connectivity index (χ0n) is 66.4. The summed E-state index contributed by atoms with van der Waals surface area (Å²) in [6.45, 7) is 17.6. The van der Waals surface area contributed by atoms with Crippen molar-refractivity contribution in [3.63, 3.8) is 0 Å². The summed E-state index contributed by atoms with van der Waals surface area (Å²) in [4.78, 5) is 132. The standard InChI is InChI=1S/C31H29Cl2N3O4.C31H30ClN3O4.C31H30FN3O4.3CH4/c1-3-40-31(39)27-28(34-13-15-35(16-14-34)29(37)22-10-11-24(32)25(33)18-22)23-17-20(2)9-12-26(23)36(30(27)38)19-21-7-5-4-6-8-21;2*1-3-39-31(38)27-28(33-15-17-34(18-16-33)29(36)23-10-12-24(32)13-11-23)25-19-21(2)9-14-26(25)35(30(27)37)20-22-7-5-4-6-8-22;;;/h4-12,17-18H,3,13-16,19H2,1-2H3;2*4-14,19H,3,15-18,20H2,1-2H3;3*1H4. The van der Waals surface area contributed by atoms with Gasteiger partial charge in [0.2, 0.25) is 0 Å². The van der Waals surface area contributed by atoms with E-state index in [0.717, 1.165) is 66.1 Å². The Hall–Kier alpha value is -12.4.